The molecule has 106 valence electrons. The zero-order valence-corrected chi connectivity index (χ0v) is 11.4. The second-order valence-corrected chi connectivity index (χ2v) is 4.11. The van der Waals surface area contributed by atoms with Crippen LogP contribution in [0.2, 0.25) is 0 Å². The van der Waals surface area contributed by atoms with Gasteiger partial charge in [0.2, 0.25) is 0 Å². The predicted molar refractivity (Wildman–Crippen MR) is 69.3 cm³/mol. The van der Waals surface area contributed by atoms with Crippen LogP contribution in [0.5, 0.6) is 0 Å². The van der Waals surface area contributed by atoms with Gasteiger partial charge in [0.1, 0.15) is 6.04 Å². The fraction of sp³-hybridized carbons (Fsp3) is 0.636. The van der Waals surface area contributed by atoms with E-state index in [4.69, 9.17) is 0 Å². The number of rotatable bonds is 6. The number of urea groups is 1. The highest BCUT2D eigenvalue weighted by atomic mass is 16.2. The molecule has 3 amide bonds. The van der Waals surface area contributed by atoms with Crippen molar-refractivity contribution >= 4 is 11.9 Å². The number of aromatic nitrogens is 3. The number of amides is 3. The van der Waals surface area contributed by atoms with E-state index in [9.17, 15) is 9.59 Å². The number of carbonyl (C=O) groups excluding carboxylic acids is 2. The van der Waals surface area contributed by atoms with Gasteiger partial charge in [-0.1, -0.05) is 12.1 Å². The second kappa shape index (κ2) is 7.47. The van der Waals surface area contributed by atoms with Crippen LogP contribution in [0.1, 0.15) is 32.0 Å². The molecular weight excluding hydrogens is 248 g/mol. The summed E-state index contributed by atoms with van der Waals surface area (Å²) in [7, 11) is 1.44. The third-order valence-electron chi connectivity index (χ3n) is 2.53. The van der Waals surface area contributed by atoms with E-state index in [-0.39, 0.29) is 0 Å². The van der Waals surface area contributed by atoms with E-state index in [0.717, 1.165) is 18.7 Å². The predicted octanol–water partition coefficient (Wildman–Crippen LogP) is -0.206. The Balaban J connectivity index is 2.54. The molecule has 0 fully saturated rings. The maximum Gasteiger partial charge on any atom is 0.321 e. The molecule has 0 bridgehead atoms. The first-order valence-electron chi connectivity index (χ1n) is 6.22. The van der Waals surface area contributed by atoms with Gasteiger partial charge in [-0.2, -0.15) is 0 Å². The number of nitrogens with zero attached hydrogens (tertiary/aromatic N) is 3. The Morgan fingerprint density at radius 2 is 2.21 bits per heavy atom. The molecule has 1 rings (SSSR count). The summed E-state index contributed by atoms with van der Waals surface area (Å²) >= 11 is 0. The minimum atomic E-state index is -0.593. The highest BCUT2D eigenvalue weighted by Crippen LogP contribution is 2.04. The molecule has 1 unspecified atom stereocenters. The highest BCUT2D eigenvalue weighted by molar-refractivity contribution is 5.95. The van der Waals surface area contributed by atoms with Crippen molar-refractivity contribution in [3.05, 3.63) is 11.9 Å². The highest BCUT2D eigenvalue weighted by Gasteiger charge is 2.18. The Hall–Kier alpha value is -1.96. The first kappa shape index (κ1) is 15.1. The molecule has 0 aromatic carbocycles. The maximum absolute atomic E-state index is 11.7. The van der Waals surface area contributed by atoms with Crippen LogP contribution >= 0.6 is 0 Å². The van der Waals surface area contributed by atoms with Gasteiger partial charge in [0.25, 0.3) is 5.91 Å². The van der Waals surface area contributed by atoms with Gasteiger partial charge in [0.05, 0.1) is 11.9 Å². The molecule has 1 atom stereocenters. The third-order valence-corrected chi connectivity index (χ3v) is 2.53. The van der Waals surface area contributed by atoms with Crippen molar-refractivity contribution in [2.75, 3.05) is 13.6 Å². The number of imide groups is 1. The minimum Gasteiger partial charge on any atom is -0.341 e. The van der Waals surface area contributed by atoms with Crippen LogP contribution in [0.15, 0.2) is 6.20 Å². The van der Waals surface area contributed by atoms with E-state index >= 15 is 0 Å². The lowest BCUT2D eigenvalue weighted by atomic mass is 10.3. The molecule has 0 radical (unpaired) electrons. The van der Waals surface area contributed by atoms with Crippen molar-refractivity contribution in [1.82, 2.24) is 30.9 Å². The van der Waals surface area contributed by atoms with Crippen molar-refractivity contribution in [1.29, 1.82) is 0 Å². The van der Waals surface area contributed by atoms with Crippen LogP contribution in [0.4, 0.5) is 4.79 Å². The number of hydrogen-bond donors (Lipinski definition) is 3. The summed E-state index contributed by atoms with van der Waals surface area (Å²) in [6.45, 7) is 5.24. The Morgan fingerprint density at radius 3 is 2.84 bits per heavy atom. The van der Waals surface area contributed by atoms with Crippen LogP contribution in [0.3, 0.4) is 0 Å². The molecule has 0 spiro atoms. The van der Waals surface area contributed by atoms with E-state index in [0.29, 0.717) is 6.54 Å². The summed E-state index contributed by atoms with van der Waals surface area (Å²) in [5.74, 6) is -0.433. The van der Waals surface area contributed by atoms with E-state index < -0.39 is 18.0 Å². The molecule has 1 aromatic heterocycles. The smallest absolute Gasteiger partial charge is 0.321 e. The van der Waals surface area contributed by atoms with Crippen molar-refractivity contribution in [2.24, 2.45) is 0 Å². The molecule has 1 heterocycles. The summed E-state index contributed by atoms with van der Waals surface area (Å²) in [6, 6.07) is -1.13. The lowest BCUT2D eigenvalue weighted by Gasteiger charge is -2.10. The van der Waals surface area contributed by atoms with Crippen molar-refractivity contribution in [3.63, 3.8) is 0 Å². The number of nitrogens with one attached hydrogen (secondary N) is 3. The summed E-state index contributed by atoms with van der Waals surface area (Å²) in [6.07, 6.45) is 2.73. The average molecular weight is 268 g/mol. The molecule has 0 aliphatic rings. The summed E-state index contributed by atoms with van der Waals surface area (Å²) < 4.78 is 1.43. The lowest BCUT2D eigenvalue weighted by Crippen LogP contribution is -2.40. The fourth-order valence-electron chi connectivity index (χ4n) is 1.38. The quantitative estimate of drug-likeness (QED) is 0.620. The molecule has 1 aromatic rings. The molecular formula is C11H20N6O2. The third kappa shape index (κ3) is 4.66. The van der Waals surface area contributed by atoms with Gasteiger partial charge >= 0.3 is 6.03 Å². The topological polar surface area (TPSA) is 101 Å². The van der Waals surface area contributed by atoms with E-state index in [2.05, 4.69) is 33.2 Å². The minimum absolute atomic E-state index is 0.433. The SMILES string of the molecule is CCCNCc1cn(C(C)C(=O)NC(=O)NC)nn1. The van der Waals surface area contributed by atoms with Crippen LogP contribution in [0, 0.1) is 0 Å². The summed E-state index contributed by atoms with van der Waals surface area (Å²) in [5, 5.41) is 15.5. The van der Waals surface area contributed by atoms with Crippen molar-refractivity contribution < 1.29 is 9.59 Å². The van der Waals surface area contributed by atoms with E-state index in [1.807, 2.05) is 0 Å². The van der Waals surface area contributed by atoms with Crippen LogP contribution < -0.4 is 16.0 Å². The largest absolute Gasteiger partial charge is 0.341 e. The Labute approximate surface area is 111 Å². The zero-order valence-electron chi connectivity index (χ0n) is 11.4. The Kier molecular flexibility index (Phi) is 5.94. The van der Waals surface area contributed by atoms with E-state index in [1.165, 1.54) is 11.7 Å². The fourth-order valence-corrected chi connectivity index (χ4v) is 1.38. The first-order chi connectivity index (χ1) is 9.08. The maximum atomic E-state index is 11.7. The van der Waals surface area contributed by atoms with Crippen molar-refractivity contribution in [3.8, 4) is 0 Å². The molecule has 19 heavy (non-hydrogen) atoms. The molecule has 0 saturated carbocycles. The first-order valence-corrected chi connectivity index (χ1v) is 6.22. The molecule has 8 nitrogen and oxygen atoms in total. The van der Waals surface area contributed by atoms with Gasteiger partial charge in [-0.15, -0.1) is 5.10 Å². The van der Waals surface area contributed by atoms with E-state index in [1.54, 1.807) is 13.1 Å². The second-order valence-electron chi connectivity index (χ2n) is 4.11. The van der Waals surface area contributed by atoms with Gasteiger partial charge in [-0.3, -0.25) is 10.1 Å². The normalized spacial score (nSPS) is 11.9. The van der Waals surface area contributed by atoms with Gasteiger partial charge in [0.15, 0.2) is 0 Å². The molecule has 0 aliphatic carbocycles. The Bertz CT molecular complexity index is 431. The average Bonchev–Trinajstić information content (AvgIpc) is 2.86. The monoisotopic (exact) mass is 268 g/mol. The van der Waals surface area contributed by atoms with Gasteiger partial charge in [-0.05, 0) is 19.9 Å². The number of carbonyl (C=O) groups is 2. The van der Waals surface area contributed by atoms with Crippen LogP contribution in [0.25, 0.3) is 0 Å². The summed E-state index contributed by atoms with van der Waals surface area (Å²) in [4.78, 5) is 22.7. The Morgan fingerprint density at radius 1 is 1.47 bits per heavy atom. The van der Waals surface area contributed by atoms with Gasteiger partial charge in [-0.25, -0.2) is 9.48 Å². The molecule has 3 N–H and O–H groups in total. The van der Waals surface area contributed by atoms with Crippen LogP contribution in [-0.4, -0.2) is 40.5 Å². The number of hydrogen-bond acceptors (Lipinski definition) is 5. The standard InChI is InChI=1S/C11H20N6O2/c1-4-5-13-6-9-7-17(16-15-9)8(2)10(18)14-11(19)12-3/h7-8,13H,4-6H2,1-3H3,(H2,12,14,18,19). The van der Waals surface area contributed by atoms with Gasteiger partial charge < -0.3 is 10.6 Å². The zero-order chi connectivity index (χ0) is 14.3. The molecule has 8 heteroatoms. The lowest BCUT2D eigenvalue weighted by molar-refractivity contribution is -0.123. The summed E-state index contributed by atoms with van der Waals surface area (Å²) in [5.41, 5.74) is 0.757. The molecule has 0 aliphatic heterocycles. The van der Waals surface area contributed by atoms with Gasteiger partial charge in [0, 0.05) is 13.6 Å². The van der Waals surface area contributed by atoms with Crippen LogP contribution in [-0.2, 0) is 11.3 Å². The van der Waals surface area contributed by atoms with Crippen molar-refractivity contribution in [2.45, 2.75) is 32.9 Å². The molecule has 0 saturated heterocycles.